The Morgan fingerprint density at radius 2 is 2.06 bits per heavy atom. The summed E-state index contributed by atoms with van der Waals surface area (Å²) in [5, 5.41) is 23.9. The number of carbonyl (C=O) groups is 3. The third-order valence-electron chi connectivity index (χ3n) is 5.11. The number of hydrogen-bond donors (Lipinski definition) is 3. The van der Waals surface area contributed by atoms with E-state index >= 15 is 0 Å². The van der Waals surface area contributed by atoms with Gasteiger partial charge < -0.3 is 25.0 Å². The van der Waals surface area contributed by atoms with E-state index in [-0.39, 0.29) is 30.9 Å². The number of ether oxygens (including phenoxy) is 1. The van der Waals surface area contributed by atoms with Gasteiger partial charge in [-0.05, 0) is 17.7 Å². The number of H-pyrrole nitrogens is 1. The fourth-order valence-electron chi connectivity index (χ4n) is 3.63. The average Bonchev–Trinajstić information content (AvgIpc) is 3.15. The summed E-state index contributed by atoms with van der Waals surface area (Å²) in [6, 6.07) is 9.96. The first-order chi connectivity index (χ1) is 15.3. The minimum atomic E-state index is -1.20. The highest BCUT2D eigenvalue weighted by Crippen LogP contribution is 2.35. The van der Waals surface area contributed by atoms with Gasteiger partial charge in [-0.25, -0.2) is 9.59 Å². The summed E-state index contributed by atoms with van der Waals surface area (Å²) >= 11 is 0. The van der Waals surface area contributed by atoms with Crippen LogP contribution in [-0.4, -0.2) is 52.0 Å². The van der Waals surface area contributed by atoms with Crippen LogP contribution >= 0.6 is 0 Å². The van der Waals surface area contributed by atoms with Gasteiger partial charge >= 0.3 is 11.9 Å². The third kappa shape index (κ3) is 4.21. The lowest BCUT2D eigenvalue weighted by Gasteiger charge is -2.29. The van der Waals surface area contributed by atoms with Crippen molar-refractivity contribution in [2.24, 2.45) is 0 Å². The van der Waals surface area contributed by atoms with Gasteiger partial charge in [-0.1, -0.05) is 18.2 Å². The number of esters is 1. The van der Waals surface area contributed by atoms with Gasteiger partial charge in [0.25, 0.3) is 5.69 Å². The lowest BCUT2D eigenvalue weighted by Crippen LogP contribution is -2.48. The first-order valence-corrected chi connectivity index (χ1v) is 9.63. The Hall–Kier alpha value is -4.41. The largest absolute Gasteiger partial charge is 0.480 e. The number of nitro benzene ring substituents is 1. The number of aromatic amines is 1. The fraction of sp³-hybridized carbons (Fsp3) is 0.190. The number of non-ortho nitro benzene ring substituents is 1. The number of hydrogen-bond acceptors (Lipinski definition) is 7. The predicted octanol–water partition coefficient (Wildman–Crippen LogP) is 1.61. The number of nitrogens with one attached hydrogen (secondary N) is 2. The lowest BCUT2D eigenvalue weighted by atomic mass is 10.0. The smallest absolute Gasteiger partial charge is 0.331 e. The maximum Gasteiger partial charge on any atom is 0.331 e. The van der Waals surface area contributed by atoms with E-state index in [9.17, 15) is 29.6 Å². The van der Waals surface area contributed by atoms with Crippen LogP contribution in [0.4, 0.5) is 11.4 Å². The molecule has 11 heteroatoms. The molecule has 2 aromatic carbocycles. The molecule has 1 aromatic heterocycles. The van der Waals surface area contributed by atoms with Gasteiger partial charge in [-0.15, -0.1) is 0 Å². The van der Waals surface area contributed by atoms with Gasteiger partial charge in [-0.2, -0.15) is 0 Å². The second kappa shape index (κ2) is 8.38. The van der Waals surface area contributed by atoms with Crippen molar-refractivity contribution in [3.05, 3.63) is 64.3 Å². The molecule has 11 nitrogen and oxygen atoms in total. The Labute approximate surface area is 180 Å². The van der Waals surface area contributed by atoms with Crippen molar-refractivity contribution >= 4 is 40.1 Å². The van der Waals surface area contributed by atoms with Crippen LogP contribution in [0.2, 0.25) is 0 Å². The van der Waals surface area contributed by atoms with E-state index in [0.717, 1.165) is 22.5 Å². The zero-order valence-corrected chi connectivity index (χ0v) is 16.6. The van der Waals surface area contributed by atoms with Gasteiger partial charge in [0.15, 0.2) is 5.75 Å². The highest BCUT2D eigenvalue weighted by Gasteiger charge is 2.29. The minimum absolute atomic E-state index is 0.0307. The summed E-state index contributed by atoms with van der Waals surface area (Å²) in [5.41, 5.74) is 1.67. The number of carboxylic acids is 1. The Morgan fingerprint density at radius 3 is 2.81 bits per heavy atom. The normalized spacial score (nSPS) is 13.9. The topological polar surface area (TPSA) is 155 Å². The zero-order valence-electron chi connectivity index (χ0n) is 16.6. The maximum atomic E-state index is 12.6. The van der Waals surface area contributed by atoms with Crippen molar-refractivity contribution in [2.45, 2.75) is 12.5 Å². The number of aromatic nitrogens is 1. The third-order valence-corrected chi connectivity index (χ3v) is 5.11. The average molecular weight is 438 g/mol. The first-order valence-electron chi connectivity index (χ1n) is 9.63. The molecule has 2 heterocycles. The minimum Gasteiger partial charge on any atom is -0.480 e. The molecular formula is C21H18N4O7. The van der Waals surface area contributed by atoms with Gasteiger partial charge in [0.05, 0.1) is 23.2 Å². The van der Waals surface area contributed by atoms with E-state index in [1.54, 1.807) is 6.20 Å². The second-order valence-corrected chi connectivity index (χ2v) is 7.26. The van der Waals surface area contributed by atoms with Crippen LogP contribution in [0.1, 0.15) is 5.56 Å². The number of nitrogens with zero attached hydrogens (tertiary/aromatic N) is 2. The fourth-order valence-corrected chi connectivity index (χ4v) is 3.63. The van der Waals surface area contributed by atoms with E-state index in [0.29, 0.717) is 5.69 Å². The molecule has 0 aliphatic carbocycles. The number of carboxylic acid groups (broad SMARTS) is 1. The summed E-state index contributed by atoms with van der Waals surface area (Å²) < 4.78 is 5.05. The number of carbonyl (C=O) groups excluding carboxylic acids is 2. The lowest BCUT2D eigenvalue weighted by molar-refractivity contribution is -0.384. The Balaban J connectivity index is 1.49. The molecule has 0 radical (unpaired) electrons. The molecule has 0 spiro atoms. The molecule has 0 saturated carbocycles. The molecule has 3 aromatic rings. The Bertz CT molecular complexity index is 1240. The zero-order chi connectivity index (χ0) is 22.8. The van der Waals surface area contributed by atoms with Crippen molar-refractivity contribution in [2.75, 3.05) is 18.0 Å². The molecule has 1 aliphatic heterocycles. The van der Waals surface area contributed by atoms with Gasteiger partial charge in [-0.3, -0.25) is 14.9 Å². The molecule has 0 fully saturated rings. The molecule has 164 valence electrons. The molecule has 0 bridgehead atoms. The maximum absolute atomic E-state index is 12.6. The quantitative estimate of drug-likeness (QED) is 0.217. The van der Waals surface area contributed by atoms with Crippen LogP contribution in [0.5, 0.6) is 5.75 Å². The van der Waals surface area contributed by atoms with Crippen LogP contribution < -0.4 is 15.0 Å². The standard InChI is InChI=1S/C21H18N4O7/c26-19(10-24-11-20(27)32-18-8-13(25(30)31)5-6-17(18)24)23-16(21(28)29)7-12-9-22-15-4-2-1-3-14(12)15/h1-6,8-9,16,22H,7,10-11H2,(H,23,26)(H,28,29). The number of nitro groups is 1. The molecule has 0 saturated heterocycles. The van der Waals surface area contributed by atoms with Crippen LogP contribution in [0.15, 0.2) is 48.7 Å². The number of rotatable bonds is 7. The van der Waals surface area contributed by atoms with E-state index in [1.165, 1.54) is 17.0 Å². The number of anilines is 1. The number of fused-ring (bicyclic) bond motifs is 2. The van der Waals surface area contributed by atoms with E-state index < -0.39 is 28.8 Å². The highest BCUT2D eigenvalue weighted by atomic mass is 16.6. The second-order valence-electron chi connectivity index (χ2n) is 7.26. The highest BCUT2D eigenvalue weighted by molar-refractivity contribution is 5.92. The summed E-state index contributed by atoms with van der Waals surface area (Å²) in [6.07, 6.45) is 1.77. The van der Waals surface area contributed by atoms with Crippen LogP contribution in [-0.2, 0) is 20.8 Å². The molecule has 1 unspecified atom stereocenters. The van der Waals surface area contributed by atoms with E-state index in [1.807, 2.05) is 24.3 Å². The summed E-state index contributed by atoms with van der Waals surface area (Å²) in [6.45, 7) is -0.573. The Kier molecular flexibility index (Phi) is 5.46. The first kappa shape index (κ1) is 20.8. The van der Waals surface area contributed by atoms with Gasteiger partial charge in [0.1, 0.15) is 12.6 Å². The molecule has 1 amide bonds. The SMILES string of the molecule is O=C(CN1CC(=O)Oc2cc([N+](=O)[O-])ccc21)NC(Cc1c[nH]c2ccccc12)C(=O)O. The Morgan fingerprint density at radius 1 is 1.28 bits per heavy atom. The van der Waals surface area contributed by atoms with Crippen molar-refractivity contribution in [3.8, 4) is 5.75 Å². The van der Waals surface area contributed by atoms with E-state index in [2.05, 4.69) is 10.3 Å². The predicted molar refractivity (Wildman–Crippen MR) is 113 cm³/mol. The molecule has 32 heavy (non-hydrogen) atoms. The number of amides is 1. The van der Waals surface area contributed by atoms with Gasteiger partial charge in [0, 0.05) is 29.6 Å². The van der Waals surface area contributed by atoms with Crippen molar-refractivity contribution in [1.82, 2.24) is 10.3 Å². The van der Waals surface area contributed by atoms with Crippen LogP contribution in [0, 0.1) is 10.1 Å². The van der Waals surface area contributed by atoms with Crippen molar-refractivity contribution in [3.63, 3.8) is 0 Å². The van der Waals surface area contributed by atoms with Crippen LogP contribution in [0.3, 0.4) is 0 Å². The van der Waals surface area contributed by atoms with Crippen LogP contribution in [0.25, 0.3) is 10.9 Å². The van der Waals surface area contributed by atoms with Crippen molar-refractivity contribution in [1.29, 1.82) is 0 Å². The number of para-hydroxylation sites is 1. The number of benzene rings is 2. The summed E-state index contributed by atoms with van der Waals surface area (Å²) in [5.74, 6) is -2.52. The molecular weight excluding hydrogens is 420 g/mol. The number of aliphatic carboxylic acids is 1. The van der Waals surface area contributed by atoms with Gasteiger partial charge in [0.2, 0.25) is 5.91 Å². The molecule has 4 rings (SSSR count). The summed E-state index contributed by atoms with van der Waals surface area (Å²) in [7, 11) is 0. The molecule has 1 atom stereocenters. The van der Waals surface area contributed by atoms with E-state index in [4.69, 9.17) is 4.74 Å². The summed E-state index contributed by atoms with van der Waals surface area (Å²) in [4.78, 5) is 51.1. The van der Waals surface area contributed by atoms with Crippen molar-refractivity contribution < 1.29 is 29.2 Å². The monoisotopic (exact) mass is 438 g/mol. The molecule has 1 aliphatic rings. The molecule has 3 N–H and O–H groups in total.